The quantitative estimate of drug-likeness (QED) is 0.564. The molecule has 1 aliphatic heterocycles. The smallest absolute Gasteiger partial charge is 0.222 e. The fraction of sp³-hybridized carbons (Fsp3) is 0.500. The third-order valence-corrected chi connectivity index (χ3v) is 2.94. The molecular formula is C4HF5O2S. The number of sulfone groups is 1. The Balaban J connectivity index is 3.42. The third-order valence-electron chi connectivity index (χ3n) is 1.29. The molecule has 0 bridgehead atoms. The van der Waals surface area contributed by atoms with Crippen molar-refractivity contribution < 1.29 is 30.4 Å². The molecule has 8 heteroatoms. The van der Waals surface area contributed by atoms with Crippen LogP contribution >= 0.6 is 0 Å². The Morgan fingerprint density at radius 3 is 1.75 bits per heavy atom. The van der Waals surface area contributed by atoms with E-state index in [9.17, 15) is 30.4 Å². The summed E-state index contributed by atoms with van der Waals surface area (Å²) in [5.74, 6) is -5.44. The minimum atomic E-state index is -5.73. The summed E-state index contributed by atoms with van der Waals surface area (Å²) in [5.41, 5.74) is -3.59. The van der Waals surface area contributed by atoms with Crippen LogP contribution in [0.25, 0.3) is 0 Å². The average Bonchev–Trinajstić information content (AvgIpc) is 2.05. The molecule has 12 heavy (non-hydrogen) atoms. The van der Waals surface area contributed by atoms with E-state index in [2.05, 4.69) is 0 Å². The molecule has 1 heterocycles. The number of hydrogen-bond donors (Lipinski definition) is 0. The van der Waals surface area contributed by atoms with Crippen LogP contribution < -0.4 is 0 Å². The highest BCUT2D eigenvalue weighted by molar-refractivity contribution is 7.93. The average molecular weight is 208 g/mol. The molecule has 0 fully saturated rings. The SMILES string of the molecule is O=S1(=O)C(F)C(F)=C(F)C1(F)F. The van der Waals surface area contributed by atoms with Crippen molar-refractivity contribution in [2.24, 2.45) is 0 Å². The lowest BCUT2D eigenvalue weighted by atomic mass is 10.5. The Bertz CT molecular complexity index is 342. The van der Waals surface area contributed by atoms with Gasteiger partial charge in [0.2, 0.25) is 5.83 Å². The molecule has 1 unspecified atom stereocenters. The predicted molar refractivity (Wildman–Crippen MR) is 28.0 cm³/mol. The van der Waals surface area contributed by atoms with Crippen molar-refractivity contribution in [2.75, 3.05) is 0 Å². The fourth-order valence-corrected chi connectivity index (χ4v) is 1.61. The standard InChI is InChI=1S/C4HF5O2S/c5-1-2(6)4(8,9)12(10,11)3(1)7/h3H. The van der Waals surface area contributed by atoms with Gasteiger partial charge in [0, 0.05) is 0 Å². The molecule has 1 aliphatic rings. The Morgan fingerprint density at radius 2 is 1.67 bits per heavy atom. The molecule has 0 N–H and O–H groups in total. The van der Waals surface area contributed by atoms with Gasteiger partial charge in [0.1, 0.15) is 0 Å². The number of hydrogen-bond acceptors (Lipinski definition) is 2. The topological polar surface area (TPSA) is 34.1 Å². The van der Waals surface area contributed by atoms with Gasteiger partial charge in [-0.15, -0.1) is 0 Å². The molecule has 0 radical (unpaired) electrons. The second-order valence-electron chi connectivity index (χ2n) is 2.04. The van der Waals surface area contributed by atoms with Crippen LogP contribution in [0.4, 0.5) is 22.0 Å². The largest absolute Gasteiger partial charge is 0.402 e. The summed E-state index contributed by atoms with van der Waals surface area (Å²) in [7, 11) is -5.73. The van der Waals surface area contributed by atoms with Gasteiger partial charge in [-0.25, -0.2) is 21.6 Å². The molecular weight excluding hydrogens is 207 g/mol. The van der Waals surface area contributed by atoms with Crippen LogP contribution in [0.2, 0.25) is 0 Å². The highest BCUT2D eigenvalue weighted by Crippen LogP contribution is 2.45. The molecule has 0 saturated heterocycles. The lowest BCUT2D eigenvalue weighted by Crippen LogP contribution is -2.29. The van der Waals surface area contributed by atoms with Crippen LogP contribution in [0.3, 0.4) is 0 Å². The predicted octanol–water partition coefficient (Wildman–Crippen LogP) is 1.45. The maximum absolute atomic E-state index is 12.1. The van der Waals surface area contributed by atoms with Crippen molar-refractivity contribution in [3.63, 3.8) is 0 Å². The van der Waals surface area contributed by atoms with Gasteiger partial charge in [-0.1, -0.05) is 0 Å². The van der Waals surface area contributed by atoms with Gasteiger partial charge in [-0.05, 0) is 0 Å². The summed E-state index contributed by atoms with van der Waals surface area (Å²) in [6.45, 7) is 0. The van der Waals surface area contributed by atoms with Crippen molar-refractivity contribution in [1.82, 2.24) is 0 Å². The first-order chi connectivity index (χ1) is 5.23. The van der Waals surface area contributed by atoms with E-state index in [4.69, 9.17) is 0 Å². The normalized spacial score (nSPS) is 32.6. The molecule has 0 amide bonds. The summed E-state index contributed by atoms with van der Waals surface area (Å²) in [5, 5.41) is -5.07. The first-order valence-corrected chi connectivity index (χ1v) is 4.08. The van der Waals surface area contributed by atoms with E-state index in [1.165, 1.54) is 0 Å². The summed E-state index contributed by atoms with van der Waals surface area (Å²) >= 11 is 0. The second-order valence-corrected chi connectivity index (χ2v) is 4.06. The maximum Gasteiger partial charge on any atom is 0.402 e. The van der Waals surface area contributed by atoms with E-state index >= 15 is 0 Å². The lowest BCUT2D eigenvalue weighted by molar-refractivity contribution is 0.107. The van der Waals surface area contributed by atoms with Crippen molar-refractivity contribution in [3.05, 3.63) is 11.7 Å². The van der Waals surface area contributed by atoms with Crippen LogP contribution in [0.1, 0.15) is 0 Å². The van der Waals surface area contributed by atoms with Gasteiger partial charge in [-0.3, -0.25) is 0 Å². The summed E-state index contributed by atoms with van der Waals surface area (Å²) in [6, 6.07) is 0. The lowest BCUT2D eigenvalue weighted by Gasteiger charge is -2.06. The Labute approximate surface area is 63.6 Å². The van der Waals surface area contributed by atoms with Crippen molar-refractivity contribution in [3.8, 4) is 0 Å². The Hall–Kier alpha value is -0.660. The van der Waals surface area contributed by atoms with Gasteiger partial charge in [-0.2, -0.15) is 8.78 Å². The minimum absolute atomic E-state index is 2.57. The summed E-state index contributed by atoms with van der Waals surface area (Å²) in [4.78, 5) is 0. The fourth-order valence-electron chi connectivity index (χ4n) is 0.630. The van der Waals surface area contributed by atoms with E-state index in [1.807, 2.05) is 0 Å². The summed E-state index contributed by atoms with van der Waals surface area (Å²) in [6.07, 6.45) is 0. The molecule has 0 aliphatic carbocycles. The summed E-state index contributed by atoms with van der Waals surface area (Å²) < 4.78 is 80.7. The highest BCUT2D eigenvalue weighted by atomic mass is 32.2. The third kappa shape index (κ3) is 0.809. The van der Waals surface area contributed by atoms with Crippen molar-refractivity contribution in [2.45, 2.75) is 10.8 Å². The molecule has 70 valence electrons. The molecule has 0 aromatic carbocycles. The molecule has 1 rings (SSSR count). The molecule has 0 spiro atoms. The molecule has 0 aromatic heterocycles. The van der Waals surface area contributed by atoms with E-state index in [-0.39, 0.29) is 0 Å². The zero-order valence-electron chi connectivity index (χ0n) is 5.19. The van der Waals surface area contributed by atoms with Gasteiger partial charge >= 0.3 is 5.25 Å². The van der Waals surface area contributed by atoms with E-state index < -0.39 is 32.2 Å². The van der Waals surface area contributed by atoms with E-state index in [0.717, 1.165) is 0 Å². The highest BCUT2D eigenvalue weighted by Gasteiger charge is 2.64. The molecule has 2 nitrogen and oxygen atoms in total. The molecule has 0 aromatic rings. The van der Waals surface area contributed by atoms with E-state index in [1.54, 1.807) is 0 Å². The number of alkyl halides is 3. The van der Waals surface area contributed by atoms with Gasteiger partial charge in [0.05, 0.1) is 0 Å². The zero-order valence-corrected chi connectivity index (χ0v) is 6.01. The monoisotopic (exact) mass is 208 g/mol. The van der Waals surface area contributed by atoms with Gasteiger partial charge in [0.25, 0.3) is 15.3 Å². The minimum Gasteiger partial charge on any atom is -0.222 e. The van der Waals surface area contributed by atoms with Crippen LogP contribution in [0.5, 0.6) is 0 Å². The van der Waals surface area contributed by atoms with Gasteiger partial charge in [0.15, 0.2) is 5.83 Å². The van der Waals surface area contributed by atoms with Crippen molar-refractivity contribution in [1.29, 1.82) is 0 Å². The van der Waals surface area contributed by atoms with Crippen LogP contribution in [-0.2, 0) is 9.84 Å². The van der Waals surface area contributed by atoms with Crippen LogP contribution in [0, 0.1) is 0 Å². The van der Waals surface area contributed by atoms with Crippen molar-refractivity contribution >= 4 is 9.84 Å². The second kappa shape index (κ2) is 2.18. The maximum atomic E-state index is 12.1. The Kier molecular flexibility index (Phi) is 1.71. The molecule has 1 atom stereocenters. The van der Waals surface area contributed by atoms with Gasteiger partial charge < -0.3 is 0 Å². The van der Waals surface area contributed by atoms with Crippen LogP contribution in [0.15, 0.2) is 11.7 Å². The first-order valence-electron chi connectivity index (χ1n) is 2.54. The Morgan fingerprint density at radius 1 is 1.25 bits per heavy atom. The number of rotatable bonds is 0. The number of halogens is 5. The van der Waals surface area contributed by atoms with E-state index in [0.29, 0.717) is 0 Å². The molecule has 0 saturated carbocycles. The zero-order chi connectivity index (χ0) is 9.73. The van der Waals surface area contributed by atoms with Crippen LogP contribution in [-0.4, -0.2) is 19.2 Å². The first kappa shape index (κ1) is 9.43.